The number of rotatable bonds is 7. The van der Waals surface area contributed by atoms with Gasteiger partial charge in [0.1, 0.15) is 5.82 Å². The Morgan fingerprint density at radius 1 is 1.19 bits per heavy atom. The highest BCUT2D eigenvalue weighted by Crippen LogP contribution is 2.50. The Hall–Kier alpha value is -3.69. The summed E-state index contributed by atoms with van der Waals surface area (Å²) in [4.78, 5) is 25.6. The van der Waals surface area contributed by atoms with Crippen molar-refractivity contribution in [2.75, 3.05) is 12.4 Å². The average Bonchev–Trinajstić information content (AvgIpc) is 3.51. The van der Waals surface area contributed by atoms with Crippen LogP contribution in [-0.2, 0) is 21.1 Å². The third-order valence-corrected chi connectivity index (χ3v) is 6.63. The van der Waals surface area contributed by atoms with E-state index in [-0.39, 0.29) is 35.7 Å². The molecule has 0 saturated heterocycles. The summed E-state index contributed by atoms with van der Waals surface area (Å²) in [6.45, 7) is 4.05. The second kappa shape index (κ2) is 9.40. The SMILES string of the molecule is CCC(C)n1cc(-c2ccc(NC(=O)C3(c4ccc(C(F)(F)F)cc4F)CC3)cc2C(=O)OC)cn1. The minimum Gasteiger partial charge on any atom is -0.465 e. The molecule has 1 aliphatic carbocycles. The van der Waals surface area contributed by atoms with Crippen LogP contribution in [-0.4, -0.2) is 28.8 Å². The van der Waals surface area contributed by atoms with E-state index in [1.807, 2.05) is 20.0 Å². The topological polar surface area (TPSA) is 73.2 Å². The number of ether oxygens (including phenoxy) is 1. The highest BCUT2D eigenvalue weighted by atomic mass is 19.4. The number of carbonyl (C=O) groups is 2. The van der Waals surface area contributed by atoms with Crippen LogP contribution in [0.4, 0.5) is 23.2 Å². The second-order valence-corrected chi connectivity index (χ2v) is 8.95. The summed E-state index contributed by atoms with van der Waals surface area (Å²) >= 11 is 0. The molecule has 0 bridgehead atoms. The lowest BCUT2D eigenvalue weighted by Gasteiger charge is -2.18. The fraction of sp³-hybridized carbons (Fsp3) is 0.346. The van der Waals surface area contributed by atoms with E-state index in [9.17, 15) is 27.2 Å². The summed E-state index contributed by atoms with van der Waals surface area (Å²) in [7, 11) is 1.24. The molecule has 0 radical (unpaired) electrons. The van der Waals surface area contributed by atoms with E-state index in [2.05, 4.69) is 10.4 Å². The molecule has 1 aromatic heterocycles. The van der Waals surface area contributed by atoms with Crippen LogP contribution in [0.1, 0.15) is 60.6 Å². The third kappa shape index (κ3) is 4.72. The van der Waals surface area contributed by atoms with Crippen LogP contribution < -0.4 is 5.32 Å². The van der Waals surface area contributed by atoms with Crippen molar-refractivity contribution in [2.24, 2.45) is 0 Å². The highest BCUT2D eigenvalue weighted by Gasteiger charge is 2.53. The Bertz CT molecular complexity index is 1310. The Labute approximate surface area is 205 Å². The largest absolute Gasteiger partial charge is 0.465 e. The van der Waals surface area contributed by atoms with Crippen molar-refractivity contribution in [1.29, 1.82) is 0 Å². The van der Waals surface area contributed by atoms with Gasteiger partial charge in [-0.25, -0.2) is 9.18 Å². The third-order valence-electron chi connectivity index (χ3n) is 6.63. The van der Waals surface area contributed by atoms with E-state index in [1.54, 1.807) is 23.0 Å². The molecule has 1 saturated carbocycles. The quantitative estimate of drug-likeness (QED) is 0.311. The number of carbonyl (C=O) groups excluding carboxylic acids is 2. The van der Waals surface area contributed by atoms with E-state index >= 15 is 0 Å². The Balaban J connectivity index is 1.62. The van der Waals surface area contributed by atoms with Crippen LogP contribution in [0, 0.1) is 5.82 Å². The van der Waals surface area contributed by atoms with Crippen molar-refractivity contribution in [3.05, 3.63) is 71.3 Å². The molecule has 1 amide bonds. The number of esters is 1. The number of hydrogen-bond acceptors (Lipinski definition) is 4. The zero-order valence-electron chi connectivity index (χ0n) is 19.9. The van der Waals surface area contributed by atoms with Gasteiger partial charge < -0.3 is 10.1 Å². The number of benzene rings is 2. The van der Waals surface area contributed by atoms with Gasteiger partial charge in [-0.2, -0.15) is 18.3 Å². The molecule has 3 aromatic rings. The van der Waals surface area contributed by atoms with E-state index in [0.29, 0.717) is 17.2 Å². The molecule has 1 atom stereocenters. The fourth-order valence-electron chi connectivity index (χ4n) is 4.13. The maximum absolute atomic E-state index is 14.6. The Morgan fingerprint density at radius 3 is 2.50 bits per heavy atom. The lowest BCUT2D eigenvalue weighted by atomic mass is 9.93. The van der Waals surface area contributed by atoms with Gasteiger partial charge in [0.2, 0.25) is 5.91 Å². The van der Waals surface area contributed by atoms with Crippen LogP contribution in [0.2, 0.25) is 0 Å². The maximum atomic E-state index is 14.6. The van der Waals surface area contributed by atoms with E-state index in [4.69, 9.17) is 4.74 Å². The molecule has 2 aromatic carbocycles. The Kier molecular flexibility index (Phi) is 6.64. The van der Waals surface area contributed by atoms with E-state index in [0.717, 1.165) is 18.6 Å². The lowest BCUT2D eigenvalue weighted by Crippen LogP contribution is -2.29. The zero-order chi connectivity index (χ0) is 26.3. The van der Waals surface area contributed by atoms with E-state index < -0.39 is 34.8 Å². The summed E-state index contributed by atoms with van der Waals surface area (Å²) in [5.41, 5.74) is -0.745. The number of aromatic nitrogens is 2. The van der Waals surface area contributed by atoms with Gasteiger partial charge in [-0.3, -0.25) is 9.48 Å². The minimum absolute atomic E-state index is 0.0877. The second-order valence-electron chi connectivity index (χ2n) is 8.95. The van der Waals surface area contributed by atoms with E-state index in [1.165, 1.54) is 13.2 Å². The highest BCUT2D eigenvalue weighted by molar-refractivity contribution is 6.04. The standard InChI is InChI=1S/C26H25F4N3O3/c1-4-15(2)33-14-16(13-31-33)19-7-6-18(12-20(19)23(34)36-3)32-24(35)25(9-10-25)21-8-5-17(11-22(21)27)26(28,29)30/h5-8,11-15H,4,9-10H2,1-3H3,(H,32,35). The number of anilines is 1. The van der Waals surface area contributed by atoms with Crippen LogP contribution in [0.15, 0.2) is 48.8 Å². The first-order chi connectivity index (χ1) is 17.0. The lowest BCUT2D eigenvalue weighted by molar-refractivity contribution is -0.137. The number of hydrogen-bond donors (Lipinski definition) is 1. The predicted molar refractivity (Wildman–Crippen MR) is 125 cm³/mol. The number of methoxy groups -OCH3 is 1. The number of halogens is 4. The molecule has 0 aliphatic heterocycles. The molecule has 1 aliphatic rings. The number of amides is 1. The molecule has 36 heavy (non-hydrogen) atoms. The number of nitrogens with zero attached hydrogens (tertiary/aromatic N) is 2. The molecular weight excluding hydrogens is 478 g/mol. The van der Waals surface area contributed by atoms with Gasteiger partial charge in [-0.05, 0) is 56.0 Å². The van der Waals surface area contributed by atoms with Gasteiger partial charge in [-0.1, -0.05) is 19.1 Å². The van der Waals surface area contributed by atoms with Crippen molar-refractivity contribution in [2.45, 2.75) is 50.7 Å². The molecule has 1 heterocycles. The molecule has 4 rings (SSSR count). The number of nitrogens with one attached hydrogen (secondary N) is 1. The first kappa shape index (κ1) is 25.4. The number of alkyl halides is 3. The van der Waals surface area contributed by atoms with Gasteiger partial charge in [0.15, 0.2) is 0 Å². The minimum atomic E-state index is -4.69. The van der Waals surface area contributed by atoms with Crippen molar-refractivity contribution in [1.82, 2.24) is 9.78 Å². The van der Waals surface area contributed by atoms with Crippen molar-refractivity contribution >= 4 is 17.6 Å². The van der Waals surface area contributed by atoms with Crippen molar-refractivity contribution in [3.8, 4) is 11.1 Å². The predicted octanol–water partition coefficient (Wildman–Crippen LogP) is 6.14. The summed E-state index contributed by atoms with van der Waals surface area (Å²) in [6.07, 6.45) is 0.224. The molecule has 10 heteroatoms. The molecular formula is C26H25F4N3O3. The molecule has 1 unspecified atom stereocenters. The normalized spacial score (nSPS) is 15.3. The van der Waals surface area contributed by atoms with Crippen LogP contribution in [0.3, 0.4) is 0 Å². The smallest absolute Gasteiger partial charge is 0.416 e. The van der Waals surface area contributed by atoms with Crippen molar-refractivity contribution < 1.29 is 31.9 Å². The molecule has 6 nitrogen and oxygen atoms in total. The molecule has 1 N–H and O–H groups in total. The summed E-state index contributed by atoms with van der Waals surface area (Å²) in [5.74, 6) is -2.26. The monoisotopic (exact) mass is 503 g/mol. The molecule has 190 valence electrons. The van der Waals surface area contributed by atoms with Crippen LogP contribution in [0.5, 0.6) is 0 Å². The van der Waals surface area contributed by atoms with Crippen LogP contribution >= 0.6 is 0 Å². The van der Waals surface area contributed by atoms with Gasteiger partial charge in [0.25, 0.3) is 0 Å². The van der Waals surface area contributed by atoms with Crippen LogP contribution in [0.25, 0.3) is 11.1 Å². The fourth-order valence-corrected chi connectivity index (χ4v) is 4.13. The van der Waals surface area contributed by atoms with Gasteiger partial charge in [-0.15, -0.1) is 0 Å². The molecule has 1 fully saturated rings. The first-order valence-electron chi connectivity index (χ1n) is 11.5. The van der Waals surface area contributed by atoms with Gasteiger partial charge in [0.05, 0.1) is 29.8 Å². The average molecular weight is 503 g/mol. The first-order valence-corrected chi connectivity index (χ1v) is 11.5. The van der Waals surface area contributed by atoms with Gasteiger partial charge in [0, 0.05) is 29.1 Å². The molecule has 0 spiro atoms. The Morgan fingerprint density at radius 2 is 1.92 bits per heavy atom. The van der Waals surface area contributed by atoms with Gasteiger partial charge >= 0.3 is 12.1 Å². The summed E-state index contributed by atoms with van der Waals surface area (Å²) in [5, 5.41) is 7.04. The summed E-state index contributed by atoms with van der Waals surface area (Å²) in [6, 6.07) is 7.07. The summed E-state index contributed by atoms with van der Waals surface area (Å²) < 4.78 is 60.1. The maximum Gasteiger partial charge on any atom is 0.416 e. The zero-order valence-corrected chi connectivity index (χ0v) is 19.9. The van der Waals surface area contributed by atoms with Crippen molar-refractivity contribution in [3.63, 3.8) is 0 Å².